The lowest BCUT2D eigenvalue weighted by atomic mass is 10.0. The van der Waals surface area contributed by atoms with E-state index in [0.29, 0.717) is 0 Å². The van der Waals surface area contributed by atoms with Crippen LogP contribution in [0.5, 0.6) is 0 Å². The molecule has 26 heavy (non-hydrogen) atoms. The van der Waals surface area contributed by atoms with Gasteiger partial charge in [0.2, 0.25) is 15.9 Å². The zero-order valence-corrected chi connectivity index (χ0v) is 15.8. The summed E-state index contributed by atoms with van der Waals surface area (Å²) in [5.41, 5.74) is 3.81. The average molecular weight is 374 g/mol. The summed E-state index contributed by atoms with van der Waals surface area (Å²) in [5.74, 6) is 0.706. The molecule has 7 nitrogen and oxygen atoms in total. The molecule has 1 N–H and O–H groups in total. The third-order valence-corrected chi connectivity index (χ3v) is 6.72. The maximum absolute atomic E-state index is 12.7. The number of sulfonamides is 1. The van der Waals surface area contributed by atoms with Crippen molar-refractivity contribution in [2.24, 2.45) is 7.05 Å². The molecular weight excluding hydrogens is 352 g/mol. The van der Waals surface area contributed by atoms with E-state index in [2.05, 4.69) is 9.71 Å². The van der Waals surface area contributed by atoms with Crippen LogP contribution in [0.25, 0.3) is 0 Å². The Morgan fingerprint density at radius 2 is 1.96 bits per heavy atom. The molecule has 0 bridgehead atoms. The number of imidazole rings is 1. The first-order valence-electron chi connectivity index (χ1n) is 8.79. The van der Waals surface area contributed by atoms with Crippen LogP contribution in [0.4, 0.5) is 5.69 Å². The van der Waals surface area contributed by atoms with Gasteiger partial charge in [-0.05, 0) is 49.4 Å². The van der Waals surface area contributed by atoms with Crippen LogP contribution in [0.15, 0.2) is 23.1 Å². The first kappa shape index (κ1) is 17.2. The predicted molar refractivity (Wildman–Crippen MR) is 97.4 cm³/mol. The van der Waals surface area contributed by atoms with Gasteiger partial charge in [0.15, 0.2) is 0 Å². The first-order chi connectivity index (χ1) is 12.4. The van der Waals surface area contributed by atoms with Crippen LogP contribution < -0.4 is 9.62 Å². The minimum atomic E-state index is -3.67. The summed E-state index contributed by atoms with van der Waals surface area (Å²) >= 11 is 0. The predicted octanol–water partition coefficient (Wildman–Crippen LogP) is 1.30. The molecule has 4 rings (SSSR count). The number of aryl methyl sites for hydroxylation is 1. The summed E-state index contributed by atoms with van der Waals surface area (Å²) in [6, 6.07) is 4.82. The van der Waals surface area contributed by atoms with E-state index in [4.69, 9.17) is 0 Å². The summed E-state index contributed by atoms with van der Waals surface area (Å²) in [5, 5.41) is 0. The van der Waals surface area contributed by atoms with E-state index in [-0.39, 0.29) is 23.8 Å². The van der Waals surface area contributed by atoms with Crippen LogP contribution in [0.2, 0.25) is 0 Å². The Bertz CT molecular complexity index is 994. The maximum Gasteiger partial charge on any atom is 0.240 e. The molecule has 2 aromatic rings. The van der Waals surface area contributed by atoms with Crippen molar-refractivity contribution in [3.05, 3.63) is 41.0 Å². The van der Waals surface area contributed by atoms with Crippen molar-refractivity contribution in [1.29, 1.82) is 0 Å². The van der Waals surface area contributed by atoms with E-state index in [0.717, 1.165) is 48.5 Å². The summed E-state index contributed by atoms with van der Waals surface area (Å²) in [6.45, 7) is 0.155. The zero-order chi connectivity index (χ0) is 18.5. The highest BCUT2D eigenvalue weighted by Gasteiger charge is 2.26. The summed E-state index contributed by atoms with van der Waals surface area (Å²) in [7, 11) is -0.0264. The summed E-state index contributed by atoms with van der Waals surface area (Å²) < 4.78 is 30.0. The molecule has 8 heteroatoms. The quantitative estimate of drug-likeness (QED) is 0.874. The largest absolute Gasteiger partial charge is 0.334 e. The van der Waals surface area contributed by atoms with Crippen molar-refractivity contribution >= 4 is 21.6 Å². The molecule has 2 aliphatic rings. The highest BCUT2D eigenvalue weighted by atomic mass is 32.2. The van der Waals surface area contributed by atoms with Crippen LogP contribution in [0.3, 0.4) is 0 Å². The number of anilines is 1. The number of aromatic nitrogens is 2. The minimum Gasteiger partial charge on any atom is -0.334 e. The van der Waals surface area contributed by atoms with Gasteiger partial charge in [0.05, 0.1) is 23.6 Å². The number of likely N-dealkylation sites (N-methyl/N-ethyl adjacent to an activating group) is 1. The van der Waals surface area contributed by atoms with Crippen LogP contribution in [-0.2, 0) is 47.7 Å². The second-order valence-corrected chi connectivity index (χ2v) is 8.70. The molecular formula is C18H22N4O3S. The Morgan fingerprint density at radius 1 is 1.19 bits per heavy atom. The fraction of sp³-hybridized carbons (Fsp3) is 0.444. The molecule has 2 heterocycles. The van der Waals surface area contributed by atoms with E-state index >= 15 is 0 Å². The summed E-state index contributed by atoms with van der Waals surface area (Å²) in [4.78, 5) is 18.1. The smallest absolute Gasteiger partial charge is 0.240 e. The standard InChI is InChI=1S/C18H22N4O3S/c1-21-16-6-4-3-5-14(16)20-17(21)11-19-26(24,25)13-7-8-15-12(9-13)10-18(23)22(15)2/h7-9,19H,3-6,10-11H2,1-2H3. The summed E-state index contributed by atoms with van der Waals surface area (Å²) in [6.07, 6.45) is 4.49. The first-order valence-corrected chi connectivity index (χ1v) is 10.3. The van der Waals surface area contributed by atoms with Gasteiger partial charge in [0.1, 0.15) is 5.82 Å². The van der Waals surface area contributed by atoms with Gasteiger partial charge in [0, 0.05) is 25.5 Å². The normalized spacial score (nSPS) is 16.7. The fourth-order valence-electron chi connectivity index (χ4n) is 3.76. The van der Waals surface area contributed by atoms with Gasteiger partial charge in [-0.3, -0.25) is 4.79 Å². The molecule has 1 aliphatic carbocycles. The van der Waals surface area contributed by atoms with Gasteiger partial charge in [-0.2, -0.15) is 0 Å². The number of carbonyl (C=O) groups is 1. The van der Waals surface area contributed by atoms with Crippen molar-refractivity contribution in [1.82, 2.24) is 14.3 Å². The molecule has 0 saturated carbocycles. The molecule has 1 aliphatic heterocycles. The zero-order valence-electron chi connectivity index (χ0n) is 14.9. The number of rotatable bonds is 4. The van der Waals surface area contributed by atoms with Crippen LogP contribution >= 0.6 is 0 Å². The fourth-order valence-corrected chi connectivity index (χ4v) is 4.79. The number of nitrogens with one attached hydrogen (secondary N) is 1. The van der Waals surface area contributed by atoms with Crippen LogP contribution in [-0.4, -0.2) is 30.9 Å². The van der Waals surface area contributed by atoms with E-state index in [1.807, 2.05) is 11.6 Å². The van der Waals surface area contributed by atoms with Crippen molar-refractivity contribution in [3.8, 4) is 0 Å². The number of amides is 1. The van der Waals surface area contributed by atoms with Gasteiger partial charge < -0.3 is 9.47 Å². The van der Waals surface area contributed by atoms with Crippen molar-refractivity contribution in [2.75, 3.05) is 11.9 Å². The SMILES string of the molecule is CN1C(=O)Cc2cc(S(=O)(=O)NCc3nc4c(n3C)CCCC4)ccc21. The number of nitrogens with zero attached hydrogens (tertiary/aromatic N) is 3. The molecule has 1 aromatic carbocycles. The third-order valence-electron chi connectivity index (χ3n) is 5.33. The Kier molecular flexibility index (Phi) is 4.11. The monoisotopic (exact) mass is 374 g/mol. The molecule has 0 saturated heterocycles. The van der Waals surface area contributed by atoms with Gasteiger partial charge in [-0.1, -0.05) is 0 Å². The Morgan fingerprint density at radius 3 is 2.73 bits per heavy atom. The van der Waals surface area contributed by atoms with E-state index in [1.54, 1.807) is 30.1 Å². The second-order valence-electron chi connectivity index (χ2n) is 6.93. The second kappa shape index (κ2) is 6.21. The molecule has 0 unspecified atom stereocenters. The third kappa shape index (κ3) is 2.83. The van der Waals surface area contributed by atoms with Crippen molar-refractivity contribution < 1.29 is 13.2 Å². The number of hydrogen-bond acceptors (Lipinski definition) is 4. The van der Waals surface area contributed by atoms with E-state index < -0.39 is 10.0 Å². The molecule has 138 valence electrons. The number of benzene rings is 1. The molecule has 0 fully saturated rings. The molecule has 0 spiro atoms. The van der Waals surface area contributed by atoms with Gasteiger partial charge in [-0.25, -0.2) is 18.1 Å². The van der Waals surface area contributed by atoms with E-state index in [1.165, 1.54) is 5.69 Å². The van der Waals surface area contributed by atoms with Crippen LogP contribution in [0.1, 0.15) is 35.6 Å². The van der Waals surface area contributed by atoms with Gasteiger partial charge in [0.25, 0.3) is 0 Å². The van der Waals surface area contributed by atoms with Crippen LogP contribution in [0, 0.1) is 0 Å². The topological polar surface area (TPSA) is 84.3 Å². The maximum atomic E-state index is 12.7. The molecule has 0 atom stereocenters. The molecule has 1 amide bonds. The highest BCUT2D eigenvalue weighted by molar-refractivity contribution is 7.89. The minimum absolute atomic E-state index is 0.0268. The lowest BCUT2D eigenvalue weighted by Crippen LogP contribution is -2.25. The van der Waals surface area contributed by atoms with E-state index in [9.17, 15) is 13.2 Å². The molecule has 1 aromatic heterocycles. The Hall–Kier alpha value is -2.19. The number of carbonyl (C=O) groups excluding carboxylic acids is 1. The lowest BCUT2D eigenvalue weighted by Gasteiger charge is -2.12. The molecule has 0 radical (unpaired) electrons. The lowest BCUT2D eigenvalue weighted by molar-refractivity contribution is -0.117. The highest BCUT2D eigenvalue weighted by Crippen LogP contribution is 2.29. The Labute approximate surface area is 153 Å². The van der Waals surface area contributed by atoms with Crippen molar-refractivity contribution in [2.45, 2.75) is 43.5 Å². The Balaban J connectivity index is 1.55. The number of fused-ring (bicyclic) bond motifs is 2. The van der Waals surface area contributed by atoms with Gasteiger partial charge in [-0.15, -0.1) is 0 Å². The van der Waals surface area contributed by atoms with Crippen molar-refractivity contribution in [3.63, 3.8) is 0 Å². The van der Waals surface area contributed by atoms with Gasteiger partial charge >= 0.3 is 0 Å². The average Bonchev–Trinajstić information content (AvgIpc) is 3.10. The number of hydrogen-bond donors (Lipinski definition) is 1.